The zero-order valence-electron chi connectivity index (χ0n) is 7.80. The normalized spacial score (nSPS) is 17.5. The van der Waals surface area contributed by atoms with E-state index in [9.17, 15) is 9.59 Å². The summed E-state index contributed by atoms with van der Waals surface area (Å²) in [6.45, 7) is 2.73. The zero-order chi connectivity index (χ0) is 9.68. The second-order valence-electron chi connectivity index (χ2n) is 3.01. The molecule has 0 spiro atoms. The molecule has 2 amide bonds. The predicted molar refractivity (Wildman–Crippen MR) is 48.1 cm³/mol. The first-order valence-electron chi connectivity index (χ1n) is 4.47. The summed E-state index contributed by atoms with van der Waals surface area (Å²) in [5, 5.41) is 5.50. The first-order chi connectivity index (χ1) is 6.25. The molecule has 2 N–H and O–H groups in total. The summed E-state index contributed by atoms with van der Waals surface area (Å²) in [5.41, 5.74) is 0. The Kier molecular flexibility index (Phi) is 3.70. The van der Waals surface area contributed by atoms with Crippen LogP contribution in [0.2, 0.25) is 0 Å². The lowest BCUT2D eigenvalue weighted by Gasteiger charge is -2.26. The lowest BCUT2D eigenvalue weighted by atomic mass is 10.3. The average Bonchev–Trinajstić information content (AvgIpc) is 2.13. The van der Waals surface area contributed by atoms with Crippen LogP contribution in [0.15, 0.2) is 0 Å². The Bertz CT molecular complexity index is 206. The molecule has 0 aliphatic carbocycles. The van der Waals surface area contributed by atoms with Gasteiger partial charge in [-0.2, -0.15) is 0 Å². The van der Waals surface area contributed by atoms with Gasteiger partial charge in [0.15, 0.2) is 0 Å². The second-order valence-corrected chi connectivity index (χ2v) is 3.01. The number of hydrogen-bond donors (Lipinski definition) is 2. The molecular formula is C8H15N3O2. The van der Waals surface area contributed by atoms with Crippen LogP contribution >= 0.6 is 0 Å². The van der Waals surface area contributed by atoms with Gasteiger partial charge in [-0.05, 0) is 20.0 Å². The molecule has 1 saturated heterocycles. The highest BCUT2D eigenvalue weighted by molar-refractivity contribution is 6.35. The lowest BCUT2D eigenvalue weighted by molar-refractivity contribution is -0.148. The number of rotatable bonds is 4. The molecule has 1 fully saturated rings. The van der Waals surface area contributed by atoms with Crippen molar-refractivity contribution in [1.82, 2.24) is 15.5 Å². The average molecular weight is 185 g/mol. The van der Waals surface area contributed by atoms with Gasteiger partial charge < -0.3 is 15.5 Å². The fourth-order valence-corrected chi connectivity index (χ4v) is 1.29. The summed E-state index contributed by atoms with van der Waals surface area (Å²) in [6, 6.07) is 0. The van der Waals surface area contributed by atoms with Gasteiger partial charge in [0.05, 0.1) is 0 Å². The Morgan fingerprint density at radius 2 is 2.31 bits per heavy atom. The van der Waals surface area contributed by atoms with Gasteiger partial charge in [-0.15, -0.1) is 0 Å². The molecular weight excluding hydrogens is 170 g/mol. The van der Waals surface area contributed by atoms with Crippen molar-refractivity contribution in [2.45, 2.75) is 6.42 Å². The quantitative estimate of drug-likeness (QED) is 0.416. The van der Waals surface area contributed by atoms with Crippen molar-refractivity contribution in [2.24, 2.45) is 0 Å². The van der Waals surface area contributed by atoms with Crippen molar-refractivity contribution < 1.29 is 9.59 Å². The highest BCUT2D eigenvalue weighted by atomic mass is 16.2. The molecule has 1 rings (SSSR count). The molecule has 0 bridgehead atoms. The van der Waals surface area contributed by atoms with Gasteiger partial charge >= 0.3 is 11.8 Å². The summed E-state index contributed by atoms with van der Waals surface area (Å²) in [5.74, 6) is -0.877. The Labute approximate surface area is 77.5 Å². The van der Waals surface area contributed by atoms with Crippen molar-refractivity contribution >= 4 is 11.8 Å². The van der Waals surface area contributed by atoms with E-state index in [1.807, 2.05) is 7.05 Å². The zero-order valence-corrected chi connectivity index (χ0v) is 7.80. The topological polar surface area (TPSA) is 61.4 Å². The van der Waals surface area contributed by atoms with Crippen molar-refractivity contribution in [3.8, 4) is 0 Å². The van der Waals surface area contributed by atoms with E-state index in [0.29, 0.717) is 19.6 Å². The van der Waals surface area contributed by atoms with Gasteiger partial charge in [0, 0.05) is 19.6 Å². The molecule has 13 heavy (non-hydrogen) atoms. The monoisotopic (exact) mass is 185 g/mol. The lowest BCUT2D eigenvalue weighted by Crippen LogP contribution is -2.52. The van der Waals surface area contributed by atoms with Crippen molar-refractivity contribution in [3.63, 3.8) is 0 Å². The Morgan fingerprint density at radius 1 is 1.54 bits per heavy atom. The third-order valence-electron chi connectivity index (χ3n) is 2.00. The van der Waals surface area contributed by atoms with Crippen LogP contribution in [0.3, 0.4) is 0 Å². The van der Waals surface area contributed by atoms with E-state index < -0.39 is 11.8 Å². The number of nitrogens with one attached hydrogen (secondary N) is 2. The molecule has 1 aliphatic rings. The van der Waals surface area contributed by atoms with E-state index in [4.69, 9.17) is 0 Å². The van der Waals surface area contributed by atoms with E-state index in [1.54, 1.807) is 4.90 Å². The van der Waals surface area contributed by atoms with Gasteiger partial charge in [0.25, 0.3) is 0 Å². The molecule has 0 saturated carbocycles. The number of carbonyl (C=O) groups is 2. The number of amides is 2. The van der Waals surface area contributed by atoms with Crippen LogP contribution < -0.4 is 10.6 Å². The van der Waals surface area contributed by atoms with Gasteiger partial charge in [0.1, 0.15) is 0 Å². The molecule has 1 heterocycles. The van der Waals surface area contributed by atoms with E-state index in [0.717, 1.165) is 13.0 Å². The predicted octanol–water partition coefficient (Wildman–Crippen LogP) is -1.45. The minimum absolute atomic E-state index is 0.401. The molecule has 74 valence electrons. The van der Waals surface area contributed by atoms with Crippen LogP contribution in [0.4, 0.5) is 0 Å². The number of piperazine rings is 1. The van der Waals surface area contributed by atoms with Crippen LogP contribution in [0.1, 0.15) is 6.42 Å². The first-order valence-corrected chi connectivity index (χ1v) is 4.47. The number of hydrogen-bond acceptors (Lipinski definition) is 3. The number of carbonyl (C=O) groups excluding carboxylic acids is 2. The maximum atomic E-state index is 11.2. The summed E-state index contributed by atoms with van der Waals surface area (Å²) in [6.07, 6.45) is 0.884. The van der Waals surface area contributed by atoms with Crippen molar-refractivity contribution in [1.29, 1.82) is 0 Å². The van der Waals surface area contributed by atoms with Crippen molar-refractivity contribution in [3.05, 3.63) is 0 Å². The smallest absolute Gasteiger partial charge is 0.311 e. The molecule has 5 nitrogen and oxygen atoms in total. The summed E-state index contributed by atoms with van der Waals surface area (Å²) in [7, 11) is 1.87. The van der Waals surface area contributed by atoms with Gasteiger partial charge in [-0.3, -0.25) is 9.59 Å². The van der Waals surface area contributed by atoms with E-state index in [2.05, 4.69) is 10.6 Å². The Balaban J connectivity index is 2.31. The molecule has 0 unspecified atom stereocenters. The fraction of sp³-hybridized carbons (Fsp3) is 0.750. The van der Waals surface area contributed by atoms with Crippen LogP contribution in [-0.2, 0) is 9.59 Å². The van der Waals surface area contributed by atoms with E-state index >= 15 is 0 Å². The SMILES string of the molecule is CNCCCN1CCNC(=O)C1=O. The highest BCUT2D eigenvalue weighted by Gasteiger charge is 2.24. The molecule has 0 aromatic rings. The summed E-state index contributed by atoms with van der Waals surface area (Å²) < 4.78 is 0. The summed E-state index contributed by atoms with van der Waals surface area (Å²) >= 11 is 0. The van der Waals surface area contributed by atoms with Crippen LogP contribution in [0, 0.1) is 0 Å². The second kappa shape index (κ2) is 4.81. The Morgan fingerprint density at radius 3 is 3.00 bits per heavy atom. The van der Waals surface area contributed by atoms with Gasteiger partial charge in [0.2, 0.25) is 0 Å². The first kappa shape index (κ1) is 9.98. The largest absolute Gasteiger partial charge is 0.346 e. The maximum Gasteiger partial charge on any atom is 0.311 e. The molecule has 1 aliphatic heterocycles. The van der Waals surface area contributed by atoms with Crippen LogP contribution in [0.5, 0.6) is 0 Å². The molecule has 5 heteroatoms. The third kappa shape index (κ3) is 2.69. The van der Waals surface area contributed by atoms with Gasteiger partial charge in [-0.25, -0.2) is 0 Å². The summed E-state index contributed by atoms with van der Waals surface area (Å²) in [4.78, 5) is 23.7. The molecule has 0 aromatic carbocycles. The van der Waals surface area contributed by atoms with E-state index in [1.165, 1.54) is 0 Å². The molecule has 0 aromatic heterocycles. The molecule has 0 atom stereocenters. The van der Waals surface area contributed by atoms with E-state index in [-0.39, 0.29) is 0 Å². The maximum absolute atomic E-state index is 11.2. The number of nitrogens with zero attached hydrogens (tertiary/aromatic N) is 1. The molecule has 0 radical (unpaired) electrons. The van der Waals surface area contributed by atoms with Crippen LogP contribution in [0.25, 0.3) is 0 Å². The third-order valence-corrected chi connectivity index (χ3v) is 2.00. The van der Waals surface area contributed by atoms with Gasteiger partial charge in [-0.1, -0.05) is 0 Å². The minimum atomic E-state index is -0.476. The standard InChI is InChI=1S/C8H15N3O2/c1-9-3-2-5-11-6-4-10-7(12)8(11)13/h9H,2-6H2,1H3,(H,10,12). The van der Waals surface area contributed by atoms with Crippen LogP contribution in [-0.4, -0.2) is 49.9 Å². The minimum Gasteiger partial charge on any atom is -0.346 e. The highest BCUT2D eigenvalue weighted by Crippen LogP contribution is 1.96. The fourth-order valence-electron chi connectivity index (χ4n) is 1.29. The Hall–Kier alpha value is -1.10. The van der Waals surface area contributed by atoms with Crippen molar-refractivity contribution in [2.75, 3.05) is 33.2 Å².